The van der Waals surface area contributed by atoms with Crippen LogP contribution in [0.15, 0.2) is 57.9 Å². The molecule has 0 aliphatic heterocycles. The number of hydrogen-bond acceptors (Lipinski definition) is 3. The maximum absolute atomic E-state index is 12.3. The Morgan fingerprint density at radius 1 is 1.13 bits per heavy atom. The number of nitrogens with one attached hydrogen (secondary N) is 2. The molecule has 2 rings (SSSR count). The van der Waals surface area contributed by atoms with Crippen molar-refractivity contribution >= 4 is 45.2 Å². The number of carbonyl (C=O) groups is 2. The third-order valence-electron chi connectivity index (χ3n) is 3.12. The lowest BCUT2D eigenvalue weighted by Crippen LogP contribution is -2.23. The second-order valence-corrected chi connectivity index (χ2v) is 7.19. The maximum atomic E-state index is 12.3. The first-order chi connectivity index (χ1) is 11.0. The molecule has 120 valence electrons. The fourth-order valence-corrected chi connectivity index (χ4v) is 3.03. The number of amides is 2. The van der Waals surface area contributed by atoms with Gasteiger partial charge in [-0.05, 0) is 49.4 Å². The monoisotopic (exact) mass is 392 g/mol. The van der Waals surface area contributed by atoms with Crippen molar-refractivity contribution in [3.8, 4) is 0 Å². The number of benzene rings is 2. The van der Waals surface area contributed by atoms with Gasteiger partial charge in [0.15, 0.2) is 0 Å². The Morgan fingerprint density at radius 3 is 2.48 bits per heavy atom. The summed E-state index contributed by atoms with van der Waals surface area (Å²) in [6, 6.07) is 14.7. The average molecular weight is 393 g/mol. The van der Waals surface area contributed by atoms with Crippen LogP contribution in [0.5, 0.6) is 0 Å². The van der Waals surface area contributed by atoms with Crippen molar-refractivity contribution < 1.29 is 9.59 Å². The summed E-state index contributed by atoms with van der Waals surface area (Å²) in [7, 11) is 1.57. The molecule has 6 heteroatoms. The van der Waals surface area contributed by atoms with Gasteiger partial charge in [0, 0.05) is 27.7 Å². The molecule has 2 aromatic carbocycles. The smallest absolute Gasteiger partial charge is 0.251 e. The fraction of sp³-hybridized carbons (Fsp3) is 0.176. The van der Waals surface area contributed by atoms with Crippen LogP contribution >= 0.6 is 27.7 Å². The molecule has 1 atom stereocenters. The molecule has 4 nitrogen and oxygen atoms in total. The third kappa shape index (κ3) is 5.11. The molecular formula is C17H17BrN2O2S. The first-order valence-corrected chi connectivity index (χ1v) is 8.72. The molecule has 0 aromatic heterocycles. The molecule has 0 heterocycles. The van der Waals surface area contributed by atoms with Crippen LogP contribution in [0.1, 0.15) is 17.3 Å². The molecule has 2 aromatic rings. The summed E-state index contributed by atoms with van der Waals surface area (Å²) in [5, 5.41) is 5.16. The largest absolute Gasteiger partial charge is 0.355 e. The summed E-state index contributed by atoms with van der Waals surface area (Å²) in [4.78, 5) is 24.9. The van der Waals surface area contributed by atoms with Crippen LogP contribution in [0.4, 0.5) is 5.69 Å². The van der Waals surface area contributed by atoms with Gasteiger partial charge in [-0.1, -0.05) is 22.0 Å². The number of halogens is 1. The van der Waals surface area contributed by atoms with E-state index in [1.807, 2.05) is 31.2 Å². The Labute approximate surface area is 148 Å². The van der Waals surface area contributed by atoms with Crippen molar-refractivity contribution in [2.45, 2.75) is 17.1 Å². The third-order valence-corrected chi connectivity index (χ3v) is 4.76. The van der Waals surface area contributed by atoms with Crippen LogP contribution in [0.25, 0.3) is 0 Å². The van der Waals surface area contributed by atoms with Gasteiger partial charge in [0.05, 0.1) is 5.25 Å². The topological polar surface area (TPSA) is 58.2 Å². The highest BCUT2D eigenvalue weighted by molar-refractivity contribution is 9.10. The highest BCUT2D eigenvalue weighted by Gasteiger charge is 2.15. The standard InChI is InChI=1S/C17H17BrN2O2S/c1-11(23-15-8-6-13(18)7-9-15)16(21)20-14-5-3-4-12(10-14)17(22)19-2/h3-11H,1-2H3,(H,19,22)(H,20,21). The zero-order chi connectivity index (χ0) is 16.8. The predicted molar refractivity (Wildman–Crippen MR) is 97.9 cm³/mol. The van der Waals surface area contributed by atoms with Crippen molar-refractivity contribution in [2.75, 3.05) is 12.4 Å². The molecule has 0 aliphatic carbocycles. The summed E-state index contributed by atoms with van der Waals surface area (Å²) in [5.41, 5.74) is 1.12. The van der Waals surface area contributed by atoms with Crippen LogP contribution in [0.3, 0.4) is 0 Å². The van der Waals surface area contributed by atoms with E-state index in [2.05, 4.69) is 26.6 Å². The summed E-state index contributed by atoms with van der Waals surface area (Å²) >= 11 is 4.87. The first kappa shape index (κ1) is 17.6. The quantitative estimate of drug-likeness (QED) is 0.757. The predicted octanol–water partition coefficient (Wildman–Crippen LogP) is 3.93. The van der Waals surface area contributed by atoms with Gasteiger partial charge in [0.25, 0.3) is 5.91 Å². The van der Waals surface area contributed by atoms with Crippen LogP contribution < -0.4 is 10.6 Å². The second-order valence-electron chi connectivity index (χ2n) is 4.86. The van der Waals surface area contributed by atoms with Crippen molar-refractivity contribution in [1.82, 2.24) is 5.32 Å². The van der Waals surface area contributed by atoms with E-state index in [4.69, 9.17) is 0 Å². The molecule has 1 unspecified atom stereocenters. The first-order valence-electron chi connectivity index (χ1n) is 7.05. The lowest BCUT2D eigenvalue weighted by atomic mass is 10.2. The average Bonchev–Trinajstić information content (AvgIpc) is 2.56. The highest BCUT2D eigenvalue weighted by atomic mass is 79.9. The molecule has 0 aliphatic rings. The van der Waals surface area contributed by atoms with E-state index < -0.39 is 0 Å². The SMILES string of the molecule is CNC(=O)c1cccc(NC(=O)C(C)Sc2ccc(Br)cc2)c1. The Hall–Kier alpha value is -1.79. The zero-order valence-corrected chi connectivity index (χ0v) is 15.2. The van der Waals surface area contributed by atoms with Crippen LogP contribution in [0, 0.1) is 0 Å². The lowest BCUT2D eigenvalue weighted by Gasteiger charge is -2.12. The van der Waals surface area contributed by atoms with Crippen LogP contribution in [0.2, 0.25) is 0 Å². The van der Waals surface area contributed by atoms with E-state index in [1.54, 1.807) is 31.3 Å². The lowest BCUT2D eigenvalue weighted by molar-refractivity contribution is -0.115. The van der Waals surface area contributed by atoms with Crippen LogP contribution in [-0.4, -0.2) is 24.1 Å². The number of rotatable bonds is 5. The minimum absolute atomic E-state index is 0.105. The normalized spacial score (nSPS) is 11.6. The van der Waals surface area contributed by atoms with E-state index >= 15 is 0 Å². The Kier molecular flexibility index (Phi) is 6.24. The number of thioether (sulfide) groups is 1. The molecule has 2 amide bonds. The zero-order valence-electron chi connectivity index (χ0n) is 12.8. The minimum Gasteiger partial charge on any atom is -0.355 e. The summed E-state index contributed by atoms with van der Waals surface area (Å²) in [6.07, 6.45) is 0. The molecular weight excluding hydrogens is 376 g/mol. The van der Waals surface area contributed by atoms with E-state index in [0.717, 1.165) is 9.37 Å². The van der Waals surface area contributed by atoms with Gasteiger partial charge in [0.1, 0.15) is 0 Å². The highest BCUT2D eigenvalue weighted by Crippen LogP contribution is 2.25. The Bertz CT molecular complexity index is 704. The molecule has 0 radical (unpaired) electrons. The molecule has 0 bridgehead atoms. The Balaban J connectivity index is 2.00. The maximum Gasteiger partial charge on any atom is 0.251 e. The van der Waals surface area contributed by atoms with Crippen LogP contribution in [-0.2, 0) is 4.79 Å². The molecule has 0 saturated carbocycles. The van der Waals surface area contributed by atoms with Gasteiger partial charge >= 0.3 is 0 Å². The van der Waals surface area contributed by atoms with Gasteiger partial charge in [-0.15, -0.1) is 11.8 Å². The number of anilines is 1. The number of carbonyl (C=O) groups excluding carboxylic acids is 2. The van der Waals surface area contributed by atoms with E-state index in [-0.39, 0.29) is 17.1 Å². The number of hydrogen-bond donors (Lipinski definition) is 2. The summed E-state index contributed by atoms with van der Waals surface area (Å²) in [6.45, 7) is 1.85. The van der Waals surface area contributed by atoms with Crippen molar-refractivity contribution in [3.05, 3.63) is 58.6 Å². The minimum atomic E-state index is -0.250. The van der Waals surface area contributed by atoms with Gasteiger partial charge in [-0.3, -0.25) is 9.59 Å². The van der Waals surface area contributed by atoms with Gasteiger partial charge in [-0.25, -0.2) is 0 Å². The van der Waals surface area contributed by atoms with E-state index in [0.29, 0.717) is 11.3 Å². The van der Waals surface area contributed by atoms with Crippen molar-refractivity contribution in [2.24, 2.45) is 0 Å². The molecule has 0 fully saturated rings. The second kappa shape index (κ2) is 8.17. The van der Waals surface area contributed by atoms with Gasteiger partial charge in [0.2, 0.25) is 5.91 Å². The van der Waals surface area contributed by atoms with Gasteiger partial charge < -0.3 is 10.6 Å². The molecule has 0 spiro atoms. The summed E-state index contributed by atoms with van der Waals surface area (Å²) in [5.74, 6) is -0.287. The fourth-order valence-electron chi connectivity index (χ4n) is 1.90. The van der Waals surface area contributed by atoms with Gasteiger partial charge in [-0.2, -0.15) is 0 Å². The van der Waals surface area contributed by atoms with Crippen molar-refractivity contribution in [3.63, 3.8) is 0 Å². The molecule has 2 N–H and O–H groups in total. The van der Waals surface area contributed by atoms with Crippen molar-refractivity contribution in [1.29, 1.82) is 0 Å². The molecule has 0 saturated heterocycles. The van der Waals surface area contributed by atoms with E-state index in [1.165, 1.54) is 11.8 Å². The molecule has 23 heavy (non-hydrogen) atoms. The summed E-state index contributed by atoms with van der Waals surface area (Å²) < 4.78 is 1.00. The van der Waals surface area contributed by atoms with E-state index in [9.17, 15) is 9.59 Å². The Morgan fingerprint density at radius 2 is 1.83 bits per heavy atom.